The van der Waals surface area contributed by atoms with Crippen LogP contribution in [0.3, 0.4) is 0 Å². The number of carbonyl (C=O) groups excluding carboxylic acids is 1. The monoisotopic (exact) mass is 447 g/mol. The lowest BCUT2D eigenvalue weighted by atomic mass is 10.0. The fraction of sp³-hybridized carbons (Fsp3) is 0.143. The standard InChI is InChI=1S/C28H25N5O/c1-19-10-12-21(13-11-19)16-30-27(34)18-33-17-24(28(32-33)26-9-5-6-20(2)31-26)22-14-15-29-25-8-4-3-7-23(22)25/h3-15,17H,16,18H2,1-2H3,(H,30,34). The van der Waals surface area contributed by atoms with E-state index in [0.29, 0.717) is 6.54 Å². The van der Waals surface area contributed by atoms with Gasteiger partial charge in [0.25, 0.3) is 0 Å². The van der Waals surface area contributed by atoms with Crippen molar-refractivity contribution in [3.63, 3.8) is 0 Å². The predicted molar refractivity (Wildman–Crippen MR) is 134 cm³/mol. The van der Waals surface area contributed by atoms with Crippen molar-refractivity contribution in [3.8, 4) is 22.5 Å². The molecule has 0 radical (unpaired) electrons. The summed E-state index contributed by atoms with van der Waals surface area (Å²) in [5, 5.41) is 8.80. The maximum atomic E-state index is 12.7. The first kappa shape index (κ1) is 21.5. The van der Waals surface area contributed by atoms with E-state index in [-0.39, 0.29) is 12.5 Å². The second kappa shape index (κ2) is 9.27. The fourth-order valence-electron chi connectivity index (χ4n) is 4.00. The first-order chi connectivity index (χ1) is 16.6. The Bertz CT molecular complexity index is 1460. The number of carbonyl (C=O) groups is 1. The molecule has 0 aliphatic rings. The summed E-state index contributed by atoms with van der Waals surface area (Å²) in [6.45, 7) is 4.60. The number of para-hydroxylation sites is 1. The van der Waals surface area contributed by atoms with Crippen LogP contribution in [-0.4, -0.2) is 25.7 Å². The van der Waals surface area contributed by atoms with Crippen LogP contribution < -0.4 is 5.32 Å². The average Bonchev–Trinajstić information content (AvgIpc) is 3.27. The van der Waals surface area contributed by atoms with Crippen LogP contribution in [0, 0.1) is 13.8 Å². The van der Waals surface area contributed by atoms with Gasteiger partial charge in [-0.2, -0.15) is 5.10 Å². The number of benzene rings is 2. The zero-order chi connectivity index (χ0) is 23.5. The van der Waals surface area contributed by atoms with E-state index in [9.17, 15) is 4.79 Å². The molecule has 5 rings (SSSR count). The SMILES string of the molecule is Cc1ccc(CNC(=O)Cn2cc(-c3ccnc4ccccc34)c(-c3cccc(C)n3)n2)cc1. The average molecular weight is 448 g/mol. The van der Waals surface area contributed by atoms with E-state index in [4.69, 9.17) is 10.1 Å². The molecular formula is C28H25N5O. The second-order valence-electron chi connectivity index (χ2n) is 8.39. The van der Waals surface area contributed by atoms with Gasteiger partial charge in [-0.25, -0.2) is 0 Å². The van der Waals surface area contributed by atoms with Crippen molar-refractivity contribution in [2.24, 2.45) is 0 Å². The first-order valence-electron chi connectivity index (χ1n) is 11.2. The van der Waals surface area contributed by atoms with E-state index in [2.05, 4.69) is 16.4 Å². The Balaban J connectivity index is 1.48. The van der Waals surface area contributed by atoms with Crippen LogP contribution in [0.15, 0.2) is 85.2 Å². The summed E-state index contributed by atoms with van der Waals surface area (Å²) >= 11 is 0. The van der Waals surface area contributed by atoms with Crippen molar-refractivity contribution in [2.45, 2.75) is 26.9 Å². The third kappa shape index (κ3) is 4.57. The molecule has 0 bridgehead atoms. The number of nitrogens with zero attached hydrogens (tertiary/aromatic N) is 4. The van der Waals surface area contributed by atoms with E-state index < -0.39 is 0 Å². The zero-order valence-electron chi connectivity index (χ0n) is 19.2. The number of hydrogen-bond acceptors (Lipinski definition) is 4. The molecule has 5 aromatic rings. The third-order valence-corrected chi connectivity index (χ3v) is 5.75. The van der Waals surface area contributed by atoms with Crippen LogP contribution >= 0.6 is 0 Å². The molecule has 0 saturated heterocycles. The topological polar surface area (TPSA) is 72.7 Å². The Hall–Kier alpha value is -4.32. The van der Waals surface area contributed by atoms with Gasteiger partial charge >= 0.3 is 0 Å². The van der Waals surface area contributed by atoms with Crippen LogP contribution in [0.2, 0.25) is 0 Å². The molecule has 3 aromatic heterocycles. The number of aromatic nitrogens is 4. The van der Waals surface area contributed by atoms with Crippen LogP contribution in [0.4, 0.5) is 0 Å². The van der Waals surface area contributed by atoms with E-state index >= 15 is 0 Å². The molecule has 0 atom stereocenters. The van der Waals surface area contributed by atoms with Gasteiger partial charge < -0.3 is 5.32 Å². The maximum Gasteiger partial charge on any atom is 0.241 e. The van der Waals surface area contributed by atoms with Crippen molar-refractivity contribution in [1.29, 1.82) is 0 Å². The second-order valence-corrected chi connectivity index (χ2v) is 8.39. The Morgan fingerprint density at radius 3 is 2.56 bits per heavy atom. The Labute approximate surface area is 198 Å². The van der Waals surface area contributed by atoms with Crippen LogP contribution in [0.1, 0.15) is 16.8 Å². The normalized spacial score (nSPS) is 11.0. The molecule has 0 spiro atoms. The minimum absolute atomic E-state index is 0.0991. The molecule has 0 fully saturated rings. The number of aryl methyl sites for hydroxylation is 2. The molecule has 2 aromatic carbocycles. The molecule has 0 aliphatic heterocycles. The molecule has 0 unspecified atom stereocenters. The number of hydrogen-bond donors (Lipinski definition) is 1. The third-order valence-electron chi connectivity index (χ3n) is 5.75. The molecule has 34 heavy (non-hydrogen) atoms. The van der Waals surface area contributed by atoms with Crippen LogP contribution in [-0.2, 0) is 17.9 Å². The van der Waals surface area contributed by atoms with E-state index in [1.54, 1.807) is 10.9 Å². The number of rotatable bonds is 6. The lowest BCUT2D eigenvalue weighted by Gasteiger charge is -2.06. The van der Waals surface area contributed by atoms with Crippen LogP contribution in [0.25, 0.3) is 33.4 Å². The van der Waals surface area contributed by atoms with Crippen molar-refractivity contribution in [3.05, 3.63) is 102 Å². The quantitative estimate of drug-likeness (QED) is 0.393. The lowest BCUT2D eigenvalue weighted by Crippen LogP contribution is -2.27. The number of pyridine rings is 2. The van der Waals surface area contributed by atoms with E-state index in [0.717, 1.165) is 44.7 Å². The first-order valence-corrected chi connectivity index (χ1v) is 11.2. The molecule has 1 amide bonds. The fourth-order valence-corrected chi connectivity index (χ4v) is 4.00. The molecular weight excluding hydrogens is 422 g/mol. The molecule has 6 nitrogen and oxygen atoms in total. The van der Waals surface area contributed by atoms with Crippen molar-refractivity contribution in [2.75, 3.05) is 0 Å². The molecule has 0 aliphatic carbocycles. The minimum atomic E-state index is -0.0991. The number of nitrogens with one attached hydrogen (secondary N) is 1. The molecule has 168 valence electrons. The number of fused-ring (bicyclic) bond motifs is 1. The van der Waals surface area contributed by atoms with Crippen molar-refractivity contribution < 1.29 is 4.79 Å². The minimum Gasteiger partial charge on any atom is -0.350 e. The highest BCUT2D eigenvalue weighted by molar-refractivity contribution is 5.97. The predicted octanol–water partition coefficient (Wildman–Crippen LogP) is 5.09. The summed E-state index contributed by atoms with van der Waals surface area (Å²) in [5.41, 5.74) is 7.52. The van der Waals surface area contributed by atoms with E-state index in [1.165, 1.54) is 5.56 Å². The van der Waals surface area contributed by atoms with Crippen molar-refractivity contribution >= 4 is 16.8 Å². The Kier molecular flexibility index (Phi) is 5.87. The van der Waals surface area contributed by atoms with E-state index in [1.807, 2.05) is 86.8 Å². The highest BCUT2D eigenvalue weighted by Gasteiger charge is 2.18. The van der Waals surface area contributed by atoms with Gasteiger partial charge in [0.2, 0.25) is 5.91 Å². The molecule has 6 heteroatoms. The number of amides is 1. The van der Waals surface area contributed by atoms with Gasteiger partial charge in [0.15, 0.2) is 0 Å². The summed E-state index contributed by atoms with van der Waals surface area (Å²) in [5.74, 6) is -0.0991. The summed E-state index contributed by atoms with van der Waals surface area (Å²) in [7, 11) is 0. The smallest absolute Gasteiger partial charge is 0.241 e. The highest BCUT2D eigenvalue weighted by Crippen LogP contribution is 2.34. The van der Waals surface area contributed by atoms with Gasteiger partial charge in [0, 0.05) is 35.6 Å². The summed E-state index contributed by atoms with van der Waals surface area (Å²) in [6.07, 6.45) is 3.73. The van der Waals surface area contributed by atoms with Crippen molar-refractivity contribution in [1.82, 2.24) is 25.1 Å². The van der Waals surface area contributed by atoms with Gasteiger partial charge in [0.05, 0.1) is 11.2 Å². The van der Waals surface area contributed by atoms with Gasteiger partial charge in [-0.15, -0.1) is 0 Å². The zero-order valence-corrected chi connectivity index (χ0v) is 19.2. The lowest BCUT2D eigenvalue weighted by molar-refractivity contribution is -0.122. The largest absolute Gasteiger partial charge is 0.350 e. The molecule has 0 saturated carbocycles. The van der Waals surface area contributed by atoms with Gasteiger partial charge in [-0.05, 0) is 49.2 Å². The van der Waals surface area contributed by atoms with Gasteiger partial charge in [-0.1, -0.05) is 54.1 Å². The van der Waals surface area contributed by atoms with Crippen LogP contribution in [0.5, 0.6) is 0 Å². The Morgan fingerprint density at radius 2 is 1.74 bits per heavy atom. The molecule has 1 N–H and O–H groups in total. The van der Waals surface area contributed by atoms with Gasteiger partial charge in [-0.3, -0.25) is 19.4 Å². The molecule has 3 heterocycles. The summed E-state index contributed by atoms with van der Waals surface area (Å²) < 4.78 is 1.69. The summed E-state index contributed by atoms with van der Waals surface area (Å²) in [6, 6.07) is 24.0. The maximum absolute atomic E-state index is 12.7. The summed E-state index contributed by atoms with van der Waals surface area (Å²) in [4.78, 5) is 21.9. The van der Waals surface area contributed by atoms with Gasteiger partial charge in [0.1, 0.15) is 12.2 Å². The Morgan fingerprint density at radius 1 is 0.912 bits per heavy atom. The highest BCUT2D eigenvalue weighted by atomic mass is 16.2.